The van der Waals surface area contributed by atoms with Crippen LogP contribution in [0.4, 0.5) is 0 Å². The molecule has 1 aliphatic heterocycles. The number of aromatic nitrogens is 1. The van der Waals surface area contributed by atoms with Crippen LogP contribution in [0.1, 0.15) is 43.6 Å². The number of fused-ring (bicyclic) bond motifs is 1. The Labute approximate surface area is 197 Å². The zero-order valence-corrected chi connectivity index (χ0v) is 19.8. The Morgan fingerprint density at radius 2 is 1.91 bits per heavy atom. The van der Waals surface area contributed by atoms with Crippen molar-refractivity contribution in [3.63, 3.8) is 0 Å². The Kier molecular flexibility index (Phi) is 7.95. The molecule has 3 amide bonds. The lowest BCUT2D eigenvalue weighted by Gasteiger charge is -2.27. The van der Waals surface area contributed by atoms with Gasteiger partial charge in [0.25, 0.3) is 16.0 Å². The first-order valence-corrected chi connectivity index (χ1v) is 12.6. The van der Waals surface area contributed by atoms with E-state index in [9.17, 15) is 32.5 Å². The van der Waals surface area contributed by atoms with Gasteiger partial charge in [-0.15, -0.1) is 0 Å². The maximum atomic E-state index is 13.1. The highest BCUT2D eigenvalue weighted by atomic mass is 32.2. The monoisotopic (exact) mass is 494 g/mol. The second-order valence-electron chi connectivity index (χ2n) is 8.96. The van der Waals surface area contributed by atoms with E-state index in [1.807, 2.05) is 38.1 Å². The van der Waals surface area contributed by atoms with E-state index in [0.29, 0.717) is 13.0 Å². The molecule has 2 aromatic rings. The molecule has 1 saturated heterocycles. The number of rotatable bonds is 10. The van der Waals surface area contributed by atoms with Crippen LogP contribution in [-0.2, 0) is 19.7 Å². The Balaban J connectivity index is 1.78. The summed E-state index contributed by atoms with van der Waals surface area (Å²) >= 11 is 0. The van der Waals surface area contributed by atoms with Gasteiger partial charge in [0, 0.05) is 23.4 Å². The smallest absolute Gasteiger partial charge is 0.294 e. The summed E-state index contributed by atoms with van der Waals surface area (Å²) in [6.45, 7) is 4.09. The minimum absolute atomic E-state index is 0.00989. The van der Waals surface area contributed by atoms with E-state index in [0.717, 1.165) is 10.9 Å². The Bertz CT molecular complexity index is 1130. The van der Waals surface area contributed by atoms with Gasteiger partial charge in [0.15, 0.2) is 0 Å². The lowest BCUT2D eigenvalue weighted by molar-refractivity contribution is -0.126. The van der Waals surface area contributed by atoms with Gasteiger partial charge in [0.05, 0.1) is 6.04 Å². The molecule has 4 atom stereocenters. The molecule has 12 heteroatoms. The first-order valence-electron chi connectivity index (χ1n) is 11.1. The number of nitrogens with one attached hydrogen (secondary N) is 4. The quantitative estimate of drug-likeness (QED) is 0.261. The van der Waals surface area contributed by atoms with Crippen molar-refractivity contribution in [3.05, 3.63) is 36.0 Å². The highest BCUT2D eigenvalue weighted by Gasteiger charge is 2.37. The minimum atomic E-state index is -4.92. The number of para-hydroxylation sites is 1. The van der Waals surface area contributed by atoms with Gasteiger partial charge in [-0.2, -0.15) is 8.42 Å². The van der Waals surface area contributed by atoms with Gasteiger partial charge in [-0.3, -0.25) is 18.9 Å². The summed E-state index contributed by atoms with van der Waals surface area (Å²) in [5, 5.41) is 18.7. The summed E-state index contributed by atoms with van der Waals surface area (Å²) in [6.07, 6.45) is 0.440. The lowest BCUT2D eigenvalue weighted by atomic mass is 9.97. The fraction of sp³-hybridized carbons (Fsp3) is 0.500. The molecule has 0 spiro atoms. The molecule has 3 rings (SSSR count). The molecular weight excluding hydrogens is 464 g/mol. The Hall–Kier alpha value is -2.96. The van der Waals surface area contributed by atoms with Crippen molar-refractivity contribution in [2.45, 2.75) is 50.6 Å². The summed E-state index contributed by atoms with van der Waals surface area (Å²) in [5.74, 6) is -2.23. The van der Waals surface area contributed by atoms with Gasteiger partial charge in [-0.1, -0.05) is 32.0 Å². The van der Waals surface area contributed by atoms with Crippen LogP contribution < -0.4 is 16.0 Å². The molecule has 1 aromatic carbocycles. The number of H-pyrrole nitrogens is 1. The maximum absolute atomic E-state index is 13.1. The first-order chi connectivity index (χ1) is 16.0. The highest BCUT2D eigenvalue weighted by molar-refractivity contribution is 7.86. The molecule has 6 N–H and O–H groups in total. The molecule has 0 radical (unpaired) electrons. The number of carbonyl (C=O) groups is 3. The Morgan fingerprint density at radius 1 is 1.21 bits per heavy atom. The number of aliphatic hydroxyl groups excluding tert-OH is 1. The normalized spacial score (nSPS) is 19.0. The molecule has 0 saturated carbocycles. The van der Waals surface area contributed by atoms with Crippen LogP contribution in [0, 0.1) is 11.8 Å². The van der Waals surface area contributed by atoms with Gasteiger partial charge < -0.3 is 26.0 Å². The molecule has 1 unspecified atom stereocenters. The Morgan fingerprint density at radius 3 is 2.50 bits per heavy atom. The maximum Gasteiger partial charge on any atom is 0.294 e. The predicted octanol–water partition coefficient (Wildman–Crippen LogP) is 0.530. The summed E-state index contributed by atoms with van der Waals surface area (Å²) in [5.41, 5.74) is -1.32. The van der Waals surface area contributed by atoms with Crippen LogP contribution in [-0.4, -0.2) is 64.8 Å². The van der Waals surface area contributed by atoms with Crippen LogP contribution in [0.3, 0.4) is 0 Å². The van der Waals surface area contributed by atoms with Crippen molar-refractivity contribution in [2.75, 3.05) is 6.54 Å². The van der Waals surface area contributed by atoms with E-state index in [1.54, 1.807) is 6.07 Å². The lowest BCUT2D eigenvalue weighted by Crippen LogP contribution is -2.54. The molecule has 2 heterocycles. The zero-order chi connectivity index (χ0) is 25.0. The first kappa shape index (κ1) is 25.7. The second kappa shape index (κ2) is 10.5. The van der Waals surface area contributed by atoms with E-state index >= 15 is 0 Å². The molecule has 0 bridgehead atoms. The average Bonchev–Trinajstić information content (AvgIpc) is 3.37. The third-order valence-corrected chi connectivity index (χ3v) is 6.72. The fourth-order valence-electron chi connectivity index (χ4n) is 4.05. The molecule has 0 aliphatic carbocycles. The van der Waals surface area contributed by atoms with Crippen LogP contribution >= 0.6 is 0 Å². The van der Waals surface area contributed by atoms with Crippen molar-refractivity contribution in [1.82, 2.24) is 20.9 Å². The SMILES string of the molecule is CC(C)C[C@@H](NC(=O)c1cc2ccccc2[nH]1)C(=O)N[C@@H](C[C@@H]1CCNC1=O)C(O)S(=O)(=O)O. The van der Waals surface area contributed by atoms with Crippen molar-refractivity contribution in [3.8, 4) is 0 Å². The number of hydrogen-bond acceptors (Lipinski definition) is 6. The van der Waals surface area contributed by atoms with Crippen LogP contribution in [0.5, 0.6) is 0 Å². The largest absolute Gasteiger partial charge is 0.374 e. The molecule has 34 heavy (non-hydrogen) atoms. The van der Waals surface area contributed by atoms with Crippen LogP contribution in [0.25, 0.3) is 10.9 Å². The summed E-state index contributed by atoms with van der Waals surface area (Å²) in [7, 11) is -4.92. The topological polar surface area (TPSA) is 178 Å². The summed E-state index contributed by atoms with van der Waals surface area (Å²) in [6, 6.07) is 6.45. The fourth-order valence-corrected chi connectivity index (χ4v) is 4.64. The number of carbonyl (C=O) groups excluding carboxylic acids is 3. The third-order valence-electron chi connectivity index (χ3n) is 5.78. The van der Waals surface area contributed by atoms with E-state index in [1.165, 1.54) is 0 Å². The highest BCUT2D eigenvalue weighted by Crippen LogP contribution is 2.20. The van der Waals surface area contributed by atoms with Crippen molar-refractivity contribution < 1.29 is 32.5 Å². The summed E-state index contributed by atoms with van der Waals surface area (Å²) < 4.78 is 32.5. The van der Waals surface area contributed by atoms with E-state index < -0.39 is 45.4 Å². The van der Waals surface area contributed by atoms with Gasteiger partial charge in [-0.25, -0.2) is 0 Å². The number of aliphatic hydroxyl groups is 1. The molecule has 1 aliphatic rings. The number of hydrogen-bond donors (Lipinski definition) is 6. The van der Waals surface area contributed by atoms with E-state index in [-0.39, 0.29) is 30.4 Å². The van der Waals surface area contributed by atoms with Crippen molar-refractivity contribution in [2.24, 2.45) is 11.8 Å². The standard InChI is InChI=1S/C22H30N4O7S/c1-12(2)9-16(25-21(29)17-10-13-5-3-4-6-15(13)24-17)20(28)26-18(22(30)34(31,32)33)11-14-7-8-23-19(14)27/h3-6,10,12,14,16,18,22,24,30H,7-9,11H2,1-2H3,(H,23,27)(H,25,29)(H,26,28)(H,31,32,33)/t14-,16+,18-,22?/m0/s1. The summed E-state index contributed by atoms with van der Waals surface area (Å²) in [4.78, 5) is 40.9. The van der Waals surface area contributed by atoms with E-state index in [4.69, 9.17) is 0 Å². The van der Waals surface area contributed by atoms with Crippen molar-refractivity contribution >= 4 is 38.7 Å². The van der Waals surface area contributed by atoms with Gasteiger partial charge in [0.1, 0.15) is 11.7 Å². The van der Waals surface area contributed by atoms with Gasteiger partial charge in [0.2, 0.25) is 17.3 Å². The van der Waals surface area contributed by atoms with Crippen LogP contribution in [0.15, 0.2) is 30.3 Å². The second-order valence-corrected chi connectivity index (χ2v) is 10.5. The average molecular weight is 495 g/mol. The molecule has 1 fully saturated rings. The molecular formula is C22H30N4O7S. The minimum Gasteiger partial charge on any atom is -0.374 e. The van der Waals surface area contributed by atoms with Crippen LogP contribution in [0.2, 0.25) is 0 Å². The number of aromatic amines is 1. The van der Waals surface area contributed by atoms with Gasteiger partial charge >= 0.3 is 0 Å². The molecule has 186 valence electrons. The third kappa shape index (κ3) is 6.33. The zero-order valence-electron chi connectivity index (χ0n) is 18.9. The number of amides is 3. The van der Waals surface area contributed by atoms with E-state index in [2.05, 4.69) is 20.9 Å². The number of benzene rings is 1. The van der Waals surface area contributed by atoms with Gasteiger partial charge in [-0.05, 0) is 37.3 Å². The van der Waals surface area contributed by atoms with Crippen molar-refractivity contribution in [1.29, 1.82) is 0 Å². The molecule has 1 aromatic heterocycles. The molecule has 11 nitrogen and oxygen atoms in total. The predicted molar refractivity (Wildman–Crippen MR) is 124 cm³/mol.